The van der Waals surface area contributed by atoms with E-state index in [1.165, 1.54) is 16.1 Å². The highest BCUT2D eigenvalue weighted by atomic mass is 32.1. The average molecular weight is 303 g/mol. The van der Waals surface area contributed by atoms with Crippen LogP contribution < -0.4 is 5.32 Å². The van der Waals surface area contributed by atoms with E-state index in [9.17, 15) is 0 Å². The lowest BCUT2D eigenvalue weighted by molar-refractivity contribution is 0.559. The Bertz CT molecular complexity index is 596. The molecule has 0 saturated carbocycles. The van der Waals surface area contributed by atoms with Crippen molar-refractivity contribution in [3.05, 3.63) is 34.6 Å². The normalized spacial score (nSPS) is 11.9. The predicted molar refractivity (Wildman–Crippen MR) is 90.8 cm³/mol. The smallest absolute Gasteiger partial charge is 0.125 e. The first-order valence-corrected chi connectivity index (χ1v) is 8.37. The van der Waals surface area contributed by atoms with E-state index >= 15 is 0 Å². The standard InChI is InChI=1S/C17H25N3S/c1-6-8-18-11-14-15(17(3,4)5)20-16(21-14)13-10-19-9-7-12(13)2/h7,9-10,18H,6,8,11H2,1-5H3. The maximum Gasteiger partial charge on any atom is 0.125 e. The quantitative estimate of drug-likeness (QED) is 0.836. The van der Waals surface area contributed by atoms with Crippen LogP contribution in [0.15, 0.2) is 18.5 Å². The number of aromatic nitrogens is 2. The molecule has 2 aromatic rings. The first-order chi connectivity index (χ1) is 9.93. The second-order valence-corrected chi connectivity index (χ2v) is 7.49. The summed E-state index contributed by atoms with van der Waals surface area (Å²) in [5.41, 5.74) is 3.64. The van der Waals surface area contributed by atoms with E-state index in [0.29, 0.717) is 0 Å². The molecular weight excluding hydrogens is 278 g/mol. The molecule has 21 heavy (non-hydrogen) atoms. The number of rotatable bonds is 5. The van der Waals surface area contributed by atoms with Gasteiger partial charge in [0.05, 0.1) is 5.69 Å². The number of hydrogen-bond acceptors (Lipinski definition) is 4. The van der Waals surface area contributed by atoms with Crippen molar-refractivity contribution in [1.29, 1.82) is 0 Å². The predicted octanol–water partition coefficient (Wildman–Crippen LogP) is 4.31. The number of hydrogen-bond donors (Lipinski definition) is 1. The molecule has 0 aliphatic heterocycles. The summed E-state index contributed by atoms with van der Waals surface area (Å²) in [4.78, 5) is 10.5. The van der Waals surface area contributed by atoms with E-state index in [1.54, 1.807) is 11.3 Å². The van der Waals surface area contributed by atoms with Crippen LogP contribution in [-0.2, 0) is 12.0 Å². The van der Waals surface area contributed by atoms with Crippen LogP contribution in [0.1, 0.15) is 50.3 Å². The molecule has 0 saturated heterocycles. The van der Waals surface area contributed by atoms with Gasteiger partial charge < -0.3 is 5.32 Å². The third-order valence-electron chi connectivity index (χ3n) is 3.39. The molecule has 2 heterocycles. The molecule has 0 aliphatic rings. The van der Waals surface area contributed by atoms with Crippen LogP contribution in [0.5, 0.6) is 0 Å². The average Bonchev–Trinajstić information content (AvgIpc) is 2.83. The molecule has 0 fully saturated rings. The summed E-state index contributed by atoms with van der Waals surface area (Å²) in [6.45, 7) is 12.9. The van der Waals surface area contributed by atoms with Gasteiger partial charge in [-0.15, -0.1) is 11.3 Å². The highest BCUT2D eigenvalue weighted by Gasteiger charge is 2.23. The first kappa shape index (κ1) is 16.1. The van der Waals surface area contributed by atoms with Gasteiger partial charge in [-0.2, -0.15) is 0 Å². The van der Waals surface area contributed by atoms with Gasteiger partial charge in [-0.05, 0) is 31.5 Å². The van der Waals surface area contributed by atoms with Gasteiger partial charge in [-0.1, -0.05) is 27.7 Å². The lowest BCUT2D eigenvalue weighted by Gasteiger charge is -2.17. The Balaban J connectivity index is 2.38. The Morgan fingerprint density at radius 2 is 2.05 bits per heavy atom. The van der Waals surface area contributed by atoms with Crippen molar-refractivity contribution >= 4 is 11.3 Å². The molecule has 3 nitrogen and oxygen atoms in total. The highest BCUT2D eigenvalue weighted by Crippen LogP contribution is 2.35. The van der Waals surface area contributed by atoms with Crippen LogP contribution >= 0.6 is 11.3 Å². The molecule has 114 valence electrons. The maximum atomic E-state index is 4.93. The second kappa shape index (κ2) is 6.67. The molecule has 0 unspecified atom stereocenters. The van der Waals surface area contributed by atoms with Crippen LogP contribution in [0, 0.1) is 6.92 Å². The van der Waals surface area contributed by atoms with E-state index in [-0.39, 0.29) is 5.41 Å². The lowest BCUT2D eigenvalue weighted by atomic mass is 9.91. The summed E-state index contributed by atoms with van der Waals surface area (Å²) >= 11 is 1.79. The zero-order valence-electron chi connectivity index (χ0n) is 13.7. The monoisotopic (exact) mass is 303 g/mol. The second-order valence-electron chi connectivity index (χ2n) is 6.41. The van der Waals surface area contributed by atoms with Crippen LogP contribution in [0.4, 0.5) is 0 Å². The van der Waals surface area contributed by atoms with Crippen molar-refractivity contribution < 1.29 is 0 Å². The minimum Gasteiger partial charge on any atom is -0.312 e. The van der Waals surface area contributed by atoms with Gasteiger partial charge in [-0.3, -0.25) is 4.98 Å². The van der Waals surface area contributed by atoms with Crippen LogP contribution in [-0.4, -0.2) is 16.5 Å². The van der Waals surface area contributed by atoms with Gasteiger partial charge in [0.25, 0.3) is 0 Å². The Morgan fingerprint density at radius 1 is 1.29 bits per heavy atom. The van der Waals surface area contributed by atoms with Crippen molar-refractivity contribution in [1.82, 2.24) is 15.3 Å². The molecule has 1 N–H and O–H groups in total. The van der Waals surface area contributed by atoms with Crippen LogP contribution in [0.3, 0.4) is 0 Å². The topological polar surface area (TPSA) is 37.8 Å². The zero-order chi connectivity index (χ0) is 15.5. The molecule has 0 aromatic carbocycles. The SMILES string of the molecule is CCCNCc1sc(-c2cnccc2C)nc1C(C)(C)C. The Kier molecular flexibility index (Phi) is 5.12. The molecular formula is C17H25N3S. The molecule has 0 spiro atoms. The Morgan fingerprint density at radius 3 is 2.67 bits per heavy atom. The molecule has 2 aromatic heterocycles. The minimum absolute atomic E-state index is 0.0636. The summed E-state index contributed by atoms with van der Waals surface area (Å²) < 4.78 is 0. The molecule has 0 amide bonds. The fraction of sp³-hybridized carbons (Fsp3) is 0.529. The number of aryl methyl sites for hydroxylation is 1. The molecule has 0 atom stereocenters. The summed E-state index contributed by atoms with van der Waals surface area (Å²) in [7, 11) is 0. The van der Waals surface area contributed by atoms with Crippen LogP contribution in [0.25, 0.3) is 10.6 Å². The Hall–Kier alpha value is -1.26. The van der Waals surface area contributed by atoms with Gasteiger partial charge in [0.2, 0.25) is 0 Å². The minimum atomic E-state index is 0.0636. The van der Waals surface area contributed by atoms with Gasteiger partial charge in [-0.25, -0.2) is 4.98 Å². The fourth-order valence-corrected chi connectivity index (χ4v) is 3.56. The van der Waals surface area contributed by atoms with E-state index in [4.69, 9.17) is 4.98 Å². The maximum absolute atomic E-state index is 4.93. The third-order valence-corrected chi connectivity index (χ3v) is 4.48. The number of thiazole rings is 1. The van der Waals surface area contributed by atoms with Gasteiger partial charge >= 0.3 is 0 Å². The molecule has 2 rings (SSSR count). The zero-order valence-corrected chi connectivity index (χ0v) is 14.5. The largest absolute Gasteiger partial charge is 0.312 e. The highest BCUT2D eigenvalue weighted by molar-refractivity contribution is 7.15. The Labute approximate surface area is 131 Å². The van der Waals surface area contributed by atoms with E-state index in [2.05, 4.69) is 44.9 Å². The van der Waals surface area contributed by atoms with Crippen molar-refractivity contribution in [3.63, 3.8) is 0 Å². The lowest BCUT2D eigenvalue weighted by Crippen LogP contribution is -2.19. The molecule has 0 aliphatic carbocycles. The summed E-state index contributed by atoms with van der Waals surface area (Å²) in [6, 6.07) is 2.04. The first-order valence-electron chi connectivity index (χ1n) is 7.55. The summed E-state index contributed by atoms with van der Waals surface area (Å²) in [6.07, 6.45) is 4.91. The van der Waals surface area contributed by atoms with Crippen molar-refractivity contribution in [2.75, 3.05) is 6.54 Å². The molecule has 0 radical (unpaired) electrons. The van der Waals surface area contributed by atoms with E-state index < -0.39 is 0 Å². The van der Waals surface area contributed by atoms with Crippen molar-refractivity contribution in [2.45, 2.75) is 53.0 Å². The molecule has 4 heteroatoms. The van der Waals surface area contributed by atoms with Crippen molar-refractivity contribution in [3.8, 4) is 10.6 Å². The van der Waals surface area contributed by atoms with E-state index in [1.807, 2.05) is 18.5 Å². The van der Waals surface area contributed by atoms with E-state index in [0.717, 1.165) is 30.1 Å². The van der Waals surface area contributed by atoms with Crippen molar-refractivity contribution in [2.24, 2.45) is 0 Å². The van der Waals surface area contributed by atoms with Gasteiger partial charge in [0, 0.05) is 34.8 Å². The fourth-order valence-electron chi connectivity index (χ4n) is 2.24. The molecule has 0 bridgehead atoms. The number of nitrogens with one attached hydrogen (secondary N) is 1. The van der Waals surface area contributed by atoms with Gasteiger partial charge in [0.1, 0.15) is 5.01 Å². The number of pyridine rings is 1. The van der Waals surface area contributed by atoms with Crippen LogP contribution in [0.2, 0.25) is 0 Å². The third kappa shape index (κ3) is 3.89. The van der Waals surface area contributed by atoms with Gasteiger partial charge in [0.15, 0.2) is 0 Å². The summed E-state index contributed by atoms with van der Waals surface area (Å²) in [5.74, 6) is 0. The summed E-state index contributed by atoms with van der Waals surface area (Å²) in [5, 5.41) is 4.58. The number of nitrogens with zero attached hydrogens (tertiary/aromatic N) is 2.